The molecule has 118 valence electrons. The van der Waals surface area contributed by atoms with Crippen LogP contribution in [0.4, 0.5) is 5.82 Å². The fourth-order valence-electron chi connectivity index (χ4n) is 2.58. The van der Waals surface area contributed by atoms with Crippen molar-refractivity contribution in [2.24, 2.45) is 0 Å². The highest BCUT2D eigenvalue weighted by atomic mass is 16.5. The summed E-state index contributed by atoms with van der Waals surface area (Å²) >= 11 is 0. The number of fused-ring (bicyclic) bond motifs is 1. The molecule has 3 rings (SSSR count). The molecular formula is C19H21N3O. The van der Waals surface area contributed by atoms with Crippen molar-refractivity contribution in [3.8, 4) is 5.75 Å². The average Bonchev–Trinajstić information content (AvgIpc) is 2.62. The summed E-state index contributed by atoms with van der Waals surface area (Å²) < 4.78 is 5.18. The molecule has 0 amide bonds. The molecule has 0 saturated carbocycles. The van der Waals surface area contributed by atoms with Crippen LogP contribution in [0.2, 0.25) is 0 Å². The first-order chi connectivity index (χ1) is 11.3. The molecule has 0 atom stereocenters. The molecule has 0 radical (unpaired) electrons. The Morgan fingerprint density at radius 3 is 2.52 bits per heavy atom. The highest BCUT2D eigenvalue weighted by molar-refractivity contribution is 5.89. The third-order valence-electron chi connectivity index (χ3n) is 3.97. The summed E-state index contributed by atoms with van der Waals surface area (Å²) in [6.45, 7) is 2.98. The predicted molar refractivity (Wildman–Crippen MR) is 94.1 cm³/mol. The third-order valence-corrected chi connectivity index (χ3v) is 3.97. The number of nitrogens with one attached hydrogen (secondary N) is 1. The minimum absolute atomic E-state index is 0.828. The molecule has 0 aliphatic rings. The van der Waals surface area contributed by atoms with E-state index in [2.05, 4.69) is 52.5 Å². The van der Waals surface area contributed by atoms with Gasteiger partial charge in [0.1, 0.15) is 17.9 Å². The lowest BCUT2D eigenvalue weighted by atomic mass is 10.1. The first-order valence-electron chi connectivity index (χ1n) is 7.90. The van der Waals surface area contributed by atoms with Crippen LogP contribution >= 0.6 is 0 Å². The number of aromatic nitrogens is 2. The molecule has 0 spiro atoms. The summed E-state index contributed by atoms with van der Waals surface area (Å²) in [5, 5.41) is 4.52. The Bertz CT molecular complexity index is 784. The third kappa shape index (κ3) is 3.59. The van der Waals surface area contributed by atoms with Crippen molar-refractivity contribution in [1.29, 1.82) is 0 Å². The second-order valence-electron chi connectivity index (χ2n) is 5.45. The summed E-state index contributed by atoms with van der Waals surface area (Å²) in [7, 11) is 1.68. The van der Waals surface area contributed by atoms with Gasteiger partial charge in [-0.1, -0.05) is 25.1 Å². The lowest BCUT2D eigenvalue weighted by molar-refractivity contribution is 0.414. The molecule has 0 bridgehead atoms. The molecule has 4 heteroatoms. The van der Waals surface area contributed by atoms with Crippen LogP contribution < -0.4 is 10.1 Å². The average molecular weight is 307 g/mol. The summed E-state index contributed by atoms with van der Waals surface area (Å²) in [4.78, 5) is 8.74. The van der Waals surface area contributed by atoms with Crippen LogP contribution in [0.15, 0.2) is 48.8 Å². The Hall–Kier alpha value is -2.62. The molecule has 1 aromatic heterocycles. The first kappa shape index (κ1) is 15.3. The number of ether oxygens (including phenoxy) is 1. The quantitative estimate of drug-likeness (QED) is 0.751. The van der Waals surface area contributed by atoms with Gasteiger partial charge in [-0.25, -0.2) is 9.97 Å². The van der Waals surface area contributed by atoms with E-state index >= 15 is 0 Å². The van der Waals surface area contributed by atoms with Gasteiger partial charge in [0.25, 0.3) is 0 Å². The van der Waals surface area contributed by atoms with Crippen molar-refractivity contribution in [1.82, 2.24) is 9.97 Å². The van der Waals surface area contributed by atoms with Gasteiger partial charge in [0, 0.05) is 11.9 Å². The highest BCUT2D eigenvalue weighted by Crippen LogP contribution is 2.21. The van der Waals surface area contributed by atoms with Crippen molar-refractivity contribution < 1.29 is 4.74 Å². The molecule has 0 fully saturated rings. The Morgan fingerprint density at radius 2 is 1.78 bits per heavy atom. The van der Waals surface area contributed by atoms with Crippen LogP contribution in [-0.2, 0) is 12.8 Å². The summed E-state index contributed by atoms with van der Waals surface area (Å²) in [5.74, 6) is 1.79. The smallest absolute Gasteiger partial charge is 0.137 e. The van der Waals surface area contributed by atoms with Crippen LogP contribution in [0.3, 0.4) is 0 Å². The second-order valence-corrected chi connectivity index (χ2v) is 5.45. The molecular weight excluding hydrogens is 286 g/mol. The molecule has 1 N–H and O–H groups in total. The second kappa shape index (κ2) is 7.09. The number of methoxy groups -OCH3 is 1. The van der Waals surface area contributed by atoms with E-state index in [4.69, 9.17) is 4.74 Å². The summed E-state index contributed by atoms with van der Waals surface area (Å²) in [6, 6.07) is 14.5. The number of anilines is 1. The first-order valence-corrected chi connectivity index (χ1v) is 7.90. The van der Waals surface area contributed by atoms with Crippen molar-refractivity contribution >= 4 is 16.7 Å². The van der Waals surface area contributed by atoms with Gasteiger partial charge in [-0.05, 0) is 48.2 Å². The van der Waals surface area contributed by atoms with E-state index in [1.807, 2.05) is 12.1 Å². The van der Waals surface area contributed by atoms with Crippen molar-refractivity contribution in [2.45, 2.75) is 19.8 Å². The minimum Gasteiger partial charge on any atom is -0.497 e. The number of hydrogen-bond donors (Lipinski definition) is 1. The fraction of sp³-hybridized carbons (Fsp3) is 0.263. The van der Waals surface area contributed by atoms with Gasteiger partial charge in [0.15, 0.2) is 0 Å². The van der Waals surface area contributed by atoms with Crippen LogP contribution in [-0.4, -0.2) is 23.6 Å². The zero-order valence-corrected chi connectivity index (χ0v) is 13.5. The van der Waals surface area contributed by atoms with Gasteiger partial charge in [0.2, 0.25) is 0 Å². The van der Waals surface area contributed by atoms with Crippen molar-refractivity contribution in [3.05, 3.63) is 59.9 Å². The molecule has 0 unspecified atom stereocenters. The zero-order chi connectivity index (χ0) is 16.1. The predicted octanol–water partition coefficient (Wildman–Crippen LogP) is 3.86. The normalized spacial score (nSPS) is 10.7. The Kier molecular flexibility index (Phi) is 4.71. The molecule has 2 aromatic carbocycles. The van der Waals surface area contributed by atoms with E-state index < -0.39 is 0 Å². The number of benzene rings is 2. The zero-order valence-electron chi connectivity index (χ0n) is 13.5. The Balaban J connectivity index is 1.71. The fourth-order valence-corrected chi connectivity index (χ4v) is 2.58. The molecule has 0 saturated heterocycles. The number of aryl methyl sites for hydroxylation is 1. The van der Waals surface area contributed by atoms with Crippen LogP contribution in [0.1, 0.15) is 18.1 Å². The number of rotatable bonds is 6. The highest BCUT2D eigenvalue weighted by Gasteiger charge is 2.04. The van der Waals surface area contributed by atoms with E-state index in [0.717, 1.165) is 41.9 Å². The van der Waals surface area contributed by atoms with E-state index in [1.165, 1.54) is 11.1 Å². The van der Waals surface area contributed by atoms with Crippen molar-refractivity contribution in [3.63, 3.8) is 0 Å². The van der Waals surface area contributed by atoms with Gasteiger partial charge in [-0.2, -0.15) is 0 Å². The maximum absolute atomic E-state index is 5.18. The molecule has 0 aliphatic carbocycles. The van der Waals surface area contributed by atoms with Crippen LogP contribution in [0, 0.1) is 0 Å². The van der Waals surface area contributed by atoms with Gasteiger partial charge in [-0.3, -0.25) is 0 Å². The SMILES string of the molecule is CCc1ccc2ncnc(NCCc3ccc(OC)cc3)c2c1. The van der Waals surface area contributed by atoms with E-state index in [9.17, 15) is 0 Å². The largest absolute Gasteiger partial charge is 0.497 e. The van der Waals surface area contributed by atoms with Gasteiger partial charge < -0.3 is 10.1 Å². The standard InChI is InChI=1S/C19H21N3O/c1-3-14-6-9-18-17(12-14)19(22-13-21-18)20-11-10-15-4-7-16(23-2)8-5-15/h4-9,12-13H,3,10-11H2,1-2H3,(H,20,21,22). The van der Waals surface area contributed by atoms with Gasteiger partial charge >= 0.3 is 0 Å². The Labute approximate surface area is 136 Å². The monoisotopic (exact) mass is 307 g/mol. The maximum atomic E-state index is 5.18. The molecule has 0 aliphatic heterocycles. The molecule has 3 aromatic rings. The van der Waals surface area contributed by atoms with Crippen LogP contribution in [0.5, 0.6) is 5.75 Å². The number of nitrogens with zero attached hydrogens (tertiary/aromatic N) is 2. The van der Waals surface area contributed by atoms with Gasteiger partial charge in [-0.15, -0.1) is 0 Å². The van der Waals surface area contributed by atoms with Gasteiger partial charge in [0.05, 0.1) is 12.6 Å². The minimum atomic E-state index is 0.828. The topological polar surface area (TPSA) is 47.0 Å². The summed E-state index contributed by atoms with van der Waals surface area (Å²) in [5.41, 5.74) is 3.54. The maximum Gasteiger partial charge on any atom is 0.137 e. The summed E-state index contributed by atoms with van der Waals surface area (Å²) in [6.07, 6.45) is 3.56. The van der Waals surface area contributed by atoms with Crippen molar-refractivity contribution in [2.75, 3.05) is 19.0 Å². The van der Waals surface area contributed by atoms with E-state index in [0.29, 0.717) is 0 Å². The van der Waals surface area contributed by atoms with E-state index in [-0.39, 0.29) is 0 Å². The van der Waals surface area contributed by atoms with Crippen LogP contribution in [0.25, 0.3) is 10.9 Å². The number of hydrogen-bond acceptors (Lipinski definition) is 4. The molecule has 4 nitrogen and oxygen atoms in total. The van der Waals surface area contributed by atoms with E-state index in [1.54, 1.807) is 13.4 Å². The lowest BCUT2D eigenvalue weighted by Gasteiger charge is -2.09. The Morgan fingerprint density at radius 1 is 1.00 bits per heavy atom. The molecule has 23 heavy (non-hydrogen) atoms. The lowest BCUT2D eigenvalue weighted by Crippen LogP contribution is -2.07. The molecule has 1 heterocycles.